The van der Waals surface area contributed by atoms with E-state index in [9.17, 15) is 4.79 Å². The van der Waals surface area contributed by atoms with E-state index in [-0.39, 0.29) is 39.3 Å². The van der Waals surface area contributed by atoms with Gasteiger partial charge in [0.2, 0.25) is 5.91 Å². The van der Waals surface area contributed by atoms with Crippen molar-refractivity contribution >= 4 is 17.6 Å². The van der Waals surface area contributed by atoms with Crippen LogP contribution in [0, 0.1) is 22.2 Å². The van der Waals surface area contributed by atoms with Gasteiger partial charge in [-0.3, -0.25) is 4.79 Å². The largest absolute Gasteiger partial charge is 0.368 e. The van der Waals surface area contributed by atoms with Gasteiger partial charge in [0.05, 0.1) is 29.7 Å². The number of aromatic amines is 1. The predicted octanol–water partition coefficient (Wildman–Crippen LogP) is 9.64. The Morgan fingerprint density at radius 1 is 0.811 bits per heavy atom. The minimum Gasteiger partial charge on any atom is -0.368 e. The number of aliphatic imine (C=N–C) groups is 1. The first-order valence-electron chi connectivity index (χ1n) is 19.6. The number of guanidine groups is 1. The number of carbonyl (C=O) groups excluding carboxylic acids is 1. The van der Waals surface area contributed by atoms with E-state index in [4.69, 9.17) is 9.98 Å². The van der Waals surface area contributed by atoms with E-state index in [0.29, 0.717) is 5.92 Å². The first kappa shape index (κ1) is 41.5. The summed E-state index contributed by atoms with van der Waals surface area (Å²) in [5.74, 6) is 2.26. The van der Waals surface area contributed by atoms with Gasteiger partial charge in [0.1, 0.15) is 12.0 Å². The van der Waals surface area contributed by atoms with Gasteiger partial charge in [-0.1, -0.05) is 131 Å². The summed E-state index contributed by atoms with van der Waals surface area (Å²) in [7, 11) is 8.13. The molecule has 1 aromatic heterocycles. The molecule has 1 aliphatic heterocycles. The second-order valence-electron chi connectivity index (χ2n) is 17.7. The van der Waals surface area contributed by atoms with Crippen LogP contribution < -0.4 is 16.0 Å². The van der Waals surface area contributed by atoms with Gasteiger partial charge >= 0.3 is 0 Å². The van der Waals surface area contributed by atoms with E-state index in [1.54, 1.807) is 0 Å². The minimum atomic E-state index is -0.403. The summed E-state index contributed by atoms with van der Waals surface area (Å²) in [6.45, 7) is 21.4. The third-order valence-electron chi connectivity index (χ3n) is 10.7. The van der Waals surface area contributed by atoms with Crippen molar-refractivity contribution in [1.29, 1.82) is 0 Å². The number of carbonyl (C=O) groups is 1. The molecule has 1 fully saturated rings. The molecule has 1 aliphatic carbocycles. The van der Waals surface area contributed by atoms with Gasteiger partial charge in [-0.05, 0) is 51.8 Å². The molecule has 296 valence electrons. The van der Waals surface area contributed by atoms with E-state index in [1.807, 2.05) is 48.2 Å². The van der Waals surface area contributed by atoms with Crippen LogP contribution in [-0.2, 0) is 4.79 Å². The fraction of sp³-hybridized carbons (Fsp3) is 0.568. The molecule has 3 atom stereocenters. The summed E-state index contributed by atoms with van der Waals surface area (Å²) in [6.07, 6.45) is 8.61. The minimum absolute atomic E-state index is 0. The molecule has 1 amide bonds. The third kappa shape index (κ3) is 9.84. The SMILES string of the molecule is CC.CN(C)C(=N[C@H](C1NC=C(c2ccc(-c3ccc(-c4cnc([C@@H](NC(=O)C(C)(C)C5CCCC5)C(C)(C)C)[nH]4)cc3)cc2)N1)C(C)(C)C)N(C)C.[HH].[HH].[HH]. The van der Waals surface area contributed by atoms with Gasteiger partial charge in [0.25, 0.3) is 0 Å². The van der Waals surface area contributed by atoms with Crippen molar-refractivity contribution in [3.63, 3.8) is 0 Å². The monoisotopic (exact) mass is 731 g/mol. The van der Waals surface area contributed by atoms with Crippen LogP contribution in [0.2, 0.25) is 0 Å². The topological polar surface area (TPSA) is 101 Å². The van der Waals surface area contributed by atoms with Crippen molar-refractivity contribution in [2.75, 3.05) is 28.2 Å². The molecule has 2 aliphatic rings. The number of aromatic nitrogens is 2. The molecule has 2 heterocycles. The molecule has 3 aromatic rings. The molecule has 0 spiro atoms. The fourth-order valence-corrected chi connectivity index (χ4v) is 7.44. The maximum absolute atomic E-state index is 13.6. The average Bonchev–Trinajstić information content (AvgIpc) is 3.90. The van der Waals surface area contributed by atoms with Gasteiger partial charge in [-0.2, -0.15) is 0 Å². The Balaban J connectivity index is 0.00000309. The molecular weight excluding hydrogens is 657 g/mol. The summed E-state index contributed by atoms with van der Waals surface area (Å²) >= 11 is 0. The highest BCUT2D eigenvalue weighted by Crippen LogP contribution is 2.41. The summed E-state index contributed by atoms with van der Waals surface area (Å²) in [6, 6.07) is 17.0. The van der Waals surface area contributed by atoms with Crippen LogP contribution in [0.15, 0.2) is 65.9 Å². The highest BCUT2D eigenvalue weighted by molar-refractivity contribution is 5.83. The maximum Gasteiger partial charge on any atom is 0.226 e. The van der Waals surface area contributed by atoms with Crippen LogP contribution in [-0.4, -0.2) is 72.0 Å². The average molecular weight is 731 g/mol. The molecule has 1 saturated carbocycles. The summed E-state index contributed by atoms with van der Waals surface area (Å²) in [4.78, 5) is 31.2. The van der Waals surface area contributed by atoms with Crippen molar-refractivity contribution in [2.45, 2.75) is 113 Å². The lowest BCUT2D eigenvalue weighted by molar-refractivity contribution is -0.133. The van der Waals surface area contributed by atoms with E-state index in [0.717, 1.165) is 58.3 Å². The van der Waals surface area contributed by atoms with E-state index in [1.165, 1.54) is 12.8 Å². The summed E-state index contributed by atoms with van der Waals surface area (Å²) in [5.41, 5.74) is 5.80. The van der Waals surface area contributed by atoms with Crippen LogP contribution >= 0.6 is 0 Å². The number of rotatable bonds is 9. The van der Waals surface area contributed by atoms with E-state index in [2.05, 4.69) is 141 Å². The van der Waals surface area contributed by atoms with Gasteiger partial charge in [0.15, 0.2) is 5.96 Å². The van der Waals surface area contributed by atoms with Crippen LogP contribution in [0.4, 0.5) is 0 Å². The first-order valence-corrected chi connectivity index (χ1v) is 19.6. The van der Waals surface area contributed by atoms with E-state index >= 15 is 0 Å². The van der Waals surface area contributed by atoms with Gasteiger partial charge in [0, 0.05) is 44.1 Å². The molecule has 9 heteroatoms. The zero-order valence-electron chi connectivity index (χ0n) is 35.1. The molecule has 0 radical (unpaired) electrons. The number of hydrogen-bond acceptors (Lipinski definition) is 5. The summed E-state index contributed by atoms with van der Waals surface area (Å²) < 4.78 is 0. The maximum atomic E-state index is 13.6. The van der Waals surface area contributed by atoms with Crippen LogP contribution in [0.1, 0.15) is 117 Å². The Morgan fingerprint density at radius 2 is 1.32 bits per heavy atom. The second-order valence-corrected chi connectivity index (χ2v) is 17.7. The van der Waals surface area contributed by atoms with Crippen LogP contribution in [0.5, 0.6) is 0 Å². The molecule has 4 N–H and O–H groups in total. The molecule has 9 nitrogen and oxygen atoms in total. The Morgan fingerprint density at radius 3 is 1.81 bits per heavy atom. The number of nitrogens with one attached hydrogen (secondary N) is 4. The second kappa shape index (κ2) is 16.8. The first-order chi connectivity index (χ1) is 24.9. The zero-order valence-corrected chi connectivity index (χ0v) is 35.1. The predicted molar refractivity (Wildman–Crippen MR) is 229 cm³/mol. The molecule has 5 rings (SSSR count). The Labute approximate surface area is 325 Å². The smallest absolute Gasteiger partial charge is 0.226 e. The number of nitrogens with zero attached hydrogens (tertiary/aromatic N) is 4. The van der Waals surface area contributed by atoms with Crippen LogP contribution in [0.25, 0.3) is 28.1 Å². The zero-order chi connectivity index (χ0) is 39.3. The molecule has 0 bridgehead atoms. The number of benzene rings is 2. The lowest BCUT2D eigenvalue weighted by Gasteiger charge is -2.36. The fourth-order valence-electron chi connectivity index (χ4n) is 7.44. The molecule has 2 aromatic carbocycles. The highest BCUT2D eigenvalue weighted by Gasteiger charge is 2.41. The van der Waals surface area contributed by atoms with E-state index < -0.39 is 5.41 Å². The lowest BCUT2D eigenvalue weighted by Crippen LogP contribution is -2.50. The summed E-state index contributed by atoms with van der Waals surface area (Å²) in [5, 5.41) is 10.7. The standard InChI is InChI=1S/C42H62N8O.C2H6.3H2/c1-40(2,3)34(47-38(51)42(7,8)31-15-13-14-16-31)36-43-25-32(45-36)29-21-17-27(18-22-29)28-19-23-30(24-20-28)33-26-44-37(46-33)35(41(4,5)6)48-39(49(9)10)50(11)12;1-2;;;/h17-26,31,34-35,37,44,46H,13-16H2,1-12H3,(H,43,45)(H,47,51);1-2H3;3*1H/t34-,35-,37?;;;;/m1..../s1. The van der Waals surface area contributed by atoms with Gasteiger partial charge in [-0.25, -0.2) is 9.98 Å². The molecular formula is C44H74N8O. The van der Waals surface area contributed by atoms with Crippen molar-refractivity contribution in [2.24, 2.45) is 27.2 Å². The Bertz CT molecular complexity index is 1700. The van der Waals surface area contributed by atoms with Crippen molar-refractivity contribution < 1.29 is 9.07 Å². The normalized spacial score (nSPS) is 17.4. The van der Waals surface area contributed by atoms with Crippen molar-refractivity contribution in [1.82, 2.24) is 35.7 Å². The van der Waals surface area contributed by atoms with Gasteiger partial charge in [-0.15, -0.1) is 0 Å². The van der Waals surface area contributed by atoms with Crippen LogP contribution in [0.3, 0.4) is 0 Å². The quantitative estimate of drug-likeness (QED) is 0.129. The highest BCUT2D eigenvalue weighted by atomic mass is 16.2. The Kier molecular flexibility index (Phi) is 13.2. The number of amides is 1. The van der Waals surface area contributed by atoms with Gasteiger partial charge < -0.3 is 30.7 Å². The molecule has 0 saturated heterocycles. The third-order valence-corrected chi connectivity index (χ3v) is 10.7. The number of H-pyrrole nitrogens is 1. The Hall–Kier alpha value is -4.27. The molecule has 1 unspecified atom stereocenters. The lowest BCUT2D eigenvalue weighted by atomic mass is 9.76. The van der Waals surface area contributed by atoms with Crippen molar-refractivity contribution in [3.8, 4) is 22.4 Å². The van der Waals surface area contributed by atoms with Crippen molar-refractivity contribution in [3.05, 3.63) is 72.3 Å². The number of imidazole rings is 1. The molecule has 53 heavy (non-hydrogen) atoms. The number of hydrogen-bond donors (Lipinski definition) is 4.